The van der Waals surface area contributed by atoms with Crippen LogP contribution in [0, 0.1) is 0 Å². The fraction of sp³-hybridized carbons (Fsp3) is 1.00. The van der Waals surface area contributed by atoms with Crippen LogP contribution in [0.1, 0.15) is 71.6 Å². The van der Waals surface area contributed by atoms with Crippen molar-refractivity contribution in [3.8, 4) is 0 Å². The Kier molecular flexibility index (Phi) is 12.5. The van der Waals surface area contributed by atoms with Crippen LogP contribution in [0.3, 0.4) is 0 Å². The lowest BCUT2D eigenvalue weighted by Gasteiger charge is -2.30. The molecule has 0 saturated carbocycles. The number of thioether (sulfide) groups is 2. The first-order chi connectivity index (χ1) is 9.88. The van der Waals surface area contributed by atoms with Gasteiger partial charge in [-0.15, -0.1) is 0 Å². The van der Waals surface area contributed by atoms with E-state index in [4.69, 9.17) is 0 Å². The predicted molar refractivity (Wildman–Crippen MR) is 98.3 cm³/mol. The van der Waals surface area contributed by atoms with E-state index in [2.05, 4.69) is 42.7 Å². The molecular weight excluding hydrogens is 282 g/mol. The van der Waals surface area contributed by atoms with E-state index in [1.807, 2.05) is 0 Å². The highest BCUT2D eigenvalue weighted by atomic mass is 32.2. The fourth-order valence-electron chi connectivity index (χ4n) is 2.92. The van der Waals surface area contributed by atoms with Crippen LogP contribution in [0.2, 0.25) is 0 Å². The van der Waals surface area contributed by atoms with Crippen molar-refractivity contribution in [2.75, 3.05) is 23.8 Å². The molecular formula is C17H35NS2. The second-order valence-electron chi connectivity index (χ2n) is 5.91. The lowest BCUT2D eigenvalue weighted by molar-refractivity contribution is 0.459. The molecule has 1 aliphatic rings. The van der Waals surface area contributed by atoms with Gasteiger partial charge in [-0.1, -0.05) is 65.2 Å². The maximum absolute atomic E-state index is 3.74. The largest absolute Gasteiger partial charge is 0.313 e. The summed E-state index contributed by atoms with van der Waals surface area (Å²) in [5.74, 6) is 4.08. The van der Waals surface area contributed by atoms with E-state index in [0.29, 0.717) is 0 Å². The summed E-state index contributed by atoms with van der Waals surface area (Å²) in [5.41, 5.74) is 0. The molecule has 3 heteroatoms. The summed E-state index contributed by atoms with van der Waals surface area (Å²) in [6.07, 6.45) is 12.9. The third-order valence-corrected chi connectivity index (χ3v) is 7.05. The van der Waals surface area contributed by atoms with Crippen molar-refractivity contribution < 1.29 is 0 Å². The summed E-state index contributed by atoms with van der Waals surface area (Å²) in [7, 11) is 0. The summed E-state index contributed by atoms with van der Waals surface area (Å²) in [5, 5.41) is 4.60. The molecule has 0 aromatic heterocycles. The van der Waals surface area contributed by atoms with E-state index in [1.54, 1.807) is 0 Å². The molecule has 1 heterocycles. The Hall–Kier alpha value is 0.660. The Labute approximate surface area is 135 Å². The van der Waals surface area contributed by atoms with E-state index in [1.165, 1.54) is 75.0 Å². The van der Waals surface area contributed by atoms with Gasteiger partial charge in [0.25, 0.3) is 0 Å². The van der Waals surface area contributed by atoms with Gasteiger partial charge in [0.2, 0.25) is 0 Å². The van der Waals surface area contributed by atoms with E-state index < -0.39 is 0 Å². The number of nitrogens with one attached hydrogen (secondary N) is 1. The van der Waals surface area contributed by atoms with E-state index >= 15 is 0 Å². The average Bonchev–Trinajstić information content (AvgIpc) is 2.50. The van der Waals surface area contributed by atoms with Crippen molar-refractivity contribution in [2.24, 2.45) is 0 Å². The Morgan fingerprint density at radius 1 is 0.950 bits per heavy atom. The zero-order chi connectivity index (χ0) is 14.5. The molecule has 2 unspecified atom stereocenters. The van der Waals surface area contributed by atoms with Gasteiger partial charge in [-0.2, -0.15) is 23.5 Å². The van der Waals surface area contributed by atoms with Crippen molar-refractivity contribution in [1.29, 1.82) is 0 Å². The smallest absolute Gasteiger partial charge is 0.0291 e. The summed E-state index contributed by atoms with van der Waals surface area (Å²) in [4.78, 5) is 0. The first kappa shape index (κ1) is 18.7. The molecule has 1 saturated heterocycles. The Bertz CT molecular complexity index is 205. The van der Waals surface area contributed by atoms with Crippen LogP contribution in [-0.4, -0.2) is 35.1 Å². The normalized spacial score (nSPS) is 21.0. The first-order valence-corrected chi connectivity index (χ1v) is 11.0. The molecule has 1 nitrogen and oxygen atoms in total. The van der Waals surface area contributed by atoms with Crippen LogP contribution < -0.4 is 5.32 Å². The number of rotatable bonds is 12. The van der Waals surface area contributed by atoms with Gasteiger partial charge >= 0.3 is 0 Å². The van der Waals surface area contributed by atoms with Crippen molar-refractivity contribution >= 4 is 23.5 Å². The zero-order valence-corrected chi connectivity index (χ0v) is 15.3. The quantitative estimate of drug-likeness (QED) is 0.488. The minimum Gasteiger partial charge on any atom is -0.313 e. The third-order valence-electron chi connectivity index (χ3n) is 4.13. The summed E-state index contributed by atoms with van der Waals surface area (Å²) >= 11 is 4.36. The average molecular weight is 318 g/mol. The number of hydrogen-bond donors (Lipinski definition) is 1. The van der Waals surface area contributed by atoms with Gasteiger partial charge in [-0.3, -0.25) is 0 Å². The maximum Gasteiger partial charge on any atom is 0.0291 e. The van der Waals surface area contributed by atoms with Gasteiger partial charge < -0.3 is 5.32 Å². The van der Waals surface area contributed by atoms with Crippen LogP contribution in [0.15, 0.2) is 0 Å². The molecule has 0 aliphatic carbocycles. The Balaban J connectivity index is 2.03. The van der Waals surface area contributed by atoms with Gasteiger partial charge in [-0.25, -0.2) is 0 Å². The van der Waals surface area contributed by atoms with Crippen LogP contribution in [0.5, 0.6) is 0 Å². The van der Waals surface area contributed by atoms with Crippen molar-refractivity contribution in [3.63, 3.8) is 0 Å². The molecule has 1 N–H and O–H groups in total. The molecule has 1 aliphatic heterocycles. The number of hydrogen-bond acceptors (Lipinski definition) is 3. The van der Waals surface area contributed by atoms with Crippen molar-refractivity contribution in [1.82, 2.24) is 5.32 Å². The summed E-state index contributed by atoms with van der Waals surface area (Å²) < 4.78 is 0. The first-order valence-electron chi connectivity index (χ1n) is 8.81. The summed E-state index contributed by atoms with van der Waals surface area (Å²) in [6.45, 7) is 5.67. The van der Waals surface area contributed by atoms with Gasteiger partial charge in [-0.05, 0) is 13.0 Å². The van der Waals surface area contributed by atoms with Gasteiger partial charge in [0.05, 0.1) is 0 Å². The molecule has 0 aromatic carbocycles. The fourth-order valence-corrected chi connectivity index (χ4v) is 5.85. The van der Waals surface area contributed by atoms with Crippen LogP contribution in [0.4, 0.5) is 0 Å². The minimum absolute atomic E-state index is 0.762. The SMILES string of the molecule is CCCCCCCCCCC(NCC)C1CSCCS1. The molecule has 20 heavy (non-hydrogen) atoms. The molecule has 120 valence electrons. The highest BCUT2D eigenvalue weighted by molar-refractivity contribution is 8.06. The van der Waals surface area contributed by atoms with Crippen LogP contribution in [0.25, 0.3) is 0 Å². The van der Waals surface area contributed by atoms with Crippen molar-refractivity contribution in [3.05, 3.63) is 0 Å². The topological polar surface area (TPSA) is 12.0 Å². The Morgan fingerprint density at radius 2 is 1.65 bits per heavy atom. The summed E-state index contributed by atoms with van der Waals surface area (Å²) in [6, 6.07) is 0.762. The molecule has 0 radical (unpaired) electrons. The highest BCUT2D eigenvalue weighted by Crippen LogP contribution is 2.28. The van der Waals surface area contributed by atoms with E-state index in [9.17, 15) is 0 Å². The van der Waals surface area contributed by atoms with Crippen molar-refractivity contribution in [2.45, 2.75) is 82.9 Å². The second kappa shape index (κ2) is 13.3. The molecule has 0 spiro atoms. The molecule has 1 rings (SSSR count). The van der Waals surface area contributed by atoms with Gasteiger partial charge in [0.1, 0.15) is 0 Å². The zero-order valence-electron chi connectivity index (χ0n) is 13.7. The molecule has 0 aromatic rings. The molecule has 1 fully saturated rings. The van der Waals surface area contributed by atoms with Crippen LogP contribution in [-0.2, 0) is 0 Å². The number of unbranched alkanes of at least 4 members (excludes halogenated alkanes) is 7. The lowest BCUT2D eigenvalue weighted by atomic mass is 10.0. The van der Waals surface area contributed by atoms with Gasteiger partial charge in [0.15, 0.2) is 0 Å². The monoisotopic (exact) mass is 317 g/mol. The Morgan fingerprint density at radius 3 is 2.25 bits per heavy atom. The highest BCUT2D eigenvalue weighted by Gasteiger charge is 2.23. The lowest BCUT2D eigenvalue weighted by Crippen LogP contribution is -2.40. The van der Waals surface area contributed by atoms with Gasteiger partial charge in [0, 0.05) is 28.6 Å². The molecule has 0 bridgehead atoms. The van der Waals surface area contributed by atoms with E-state index in [-0.39, 0.29) is 0 Å². The minimum atomic E-state index is 0.762. The van der Waals surface area contributed by atoms with E-state index in [0.717, 1.165) is 17.8 Å². The van der Waals surface area contributed by atoms with Crippen LogP contribution >= 0.6 is 23.5 Å². The predicted octanol–water partition coefficient (Wildman–Crippen LogP) is 5.34. The standard InChI is InChI=1S/C17H35NS2/c1-3-5-6-7-8-9-10-11-12-16(18-4-2)17-15-19-13-14-20-17/h16-18H,3-15H2,1-2H3. The maximum atomic E-state index is 3.74. The third kappa shape index (κ3) is 8.84. The molecule has 0 amide bonds. The second-order valence-corrected chi connectivity index (χ2v) is 8.41. The molecule has 2 atom stereocenters.